The summed E-state index contributed by atoms with van der Waals surface area (Å²) in [7, 11) is 0. The van der Waals surface area contributed by atoms with Crippen LogP contribution in [0.25, 0.3) is 11.0 Å². The molecule has 2 aliphatic rings. The Morgan fingerprint density at radius 1 is 1.23 bits per heavy atom. The molecule has 2 aromatic rings. The number of aromatic nitrogens is 2. The number of aliphatic hydroxyl groups is 1. The summed E-state index contributed by atoms with van der Waals surface area (Å²) >= 11 is 0. The number of rotatable bonds is 1. The van der Waals surface area contributed by atoms with Crippen LogP contribution >= 0.6 is 0 Å². The molecule has 3 heterocycles. The Morgan fingerprint density at radius 3 is 2.58 bits per heavy atom. The molecule has 0 bridgehead atoms. The van der Waals surface area contributed by atoms with Crippen LogP contribution in [0.15, 0.2) is 18.2 Å². The van der Waals surface area contributed by atoms with E-state index in [-0.39, 0.29) is 17.7 Å². The number of urea groups is 1. The minimum Gasteiger partial charge on any atom is -0.391 e. The average molecular weight is 356 g/mol. The molecule has 1 spiro atoms. The van der Waals surface area contributed by atoms with E-state index in [1.807, 2.05) is 32.0 Å². The molecular weight excluding hydrogens is 332 g/mol. The van der Waals surface area contributed by atoms with Crippen LogP contribution in [0, 0.1) is 13.8 Å². The maximum Gasteiger partial charge on any atom is 0.321 e. The normalized spacial score (nSPS) is 22.1. The molecule has 0 radical (unpaired) electrons. The first-order chi connectivity index (χ1) is 12.4. The van der Waals surface area contributed by atoms with Gasteiger partial charge < -0.3 is 20.1 Å². The number of aryl methyl sites for hydroxylation is 2. The fourth-order valence-corrected chi connectivity index (χ4v) is 3.80. The second-order valence-corrected chi connectivity index (χ2v) is 7.37. The van der Waals surface area contributed by atoms with Crippen molar-refractivity contribution in [2.24, 2.45) is 0 Å². The van der Waals surface area contributed by atoms with E-state index in [1.54, 1.807) is 4.90 Å². The summed E-state index contributed by atoms with van der Waals surface area (Å²) in [6, 6.07) is 5.47. The van der Waals surface area contributed by atoms with Crippen molar-refractivity contribution >= 4 is 22.8 Å². The van der Waals surface area contributed by atoms with Gasteiger partial charge >= 0.3 is 6.03 Å². The van der Waals surface area contributed by atoms with E-state index in [1.165, 1.54) is 0 Å². The summed E-state index contributed by atoms with van der Waals surface area (Å²) in [6.07, 6.45) is 1.82. The number of fused-ring (bicyclic) bond motifs is 1. The van der Waals surface area contributed by atoms with Crippen molar-refractivity contribution in [1.29, 1.82) is 0 Å². The van der Waals surface area contributed by atoms with Gasteiger partial charge in [0, 0.05) is 25.2 Å². The second-order valence-electron chi connectivity index (χ2n) is 7.37. The fraction of sp³-hybridized carbons (Fsp3) is 0.526. The second kappa shape index (κ2) is 6.48. The molecular formula is C19H24N4O3. The van der Waals surface area contributed by atoms with Crippen molar-refractivity contribution < 1.29 is 14.6 Å². The topological polar surface area (TPSA) is 87.6 Å². The first kappa shape index (κ1) is 17.2. The Kier molecular flexibility index (Phi) is 4.28. The lowest BCUT2D eigenvalue weighted by atomic mass is 9.88. The highest BCUT2D eigenvalue weighted by Gasteiger charge is 2.42. The summed E-state index contributed by atoms with van der Waals surface area (Å²) in [6.45, 7) is 5.53. The molecule has 138 valence electrons. The standard InChI is InChI=1S/C19H24N4O3/c1-12-13(2)21-17-9-14(3-4-16(17)20-12)22-18(25)23-7-5-19(6-8-23)10-15(24)11-26-19/h3-4,9,15,24H,5-8,10-11H2,1-2H3,(H,22,25)/t15-/m0/s1. The highest BCUT2D eigenvalue weighted by molar-refractivity contribution is 5.92. The minimum atomic E-state index is -0.374. The molecule has 4 rings (SSSR count). The van der Waals surface area contributed by atoms with E-state index in [4.69, 9.17) is 4.74 Å². The van der Waals surface area contributed by atoms with Gasteiger partial charge in [-0.05, 0) is 44.9 Å². The molecule has 2 aliphatic heterocycles. The predicted octanol–water partition coefficient (Wildman–Crippen LogP) is 2.39. The van der Waals surface area contributed by atoms with E-state index < -0.39 is 0 Å². The summed E-state index contributed by atoms with van der Waals surface area (Å²) in [4.78, 5) is 23.4. The van der Waals surface area contributed by atoms with Gasteiger partial charge in [0.05, 0.1) is 40.7 Å². The molecule has 1 atom stereocenters. The van der Waals surface area contributed by atoms with Gasteiger partial charge in [-0.1, -0.05) is 0 Å². The maximum absolute atomic E-state index is 12.6. The van der Waals surface area contributed by atoms with Gasteiger partial charge in [-0.3, -0.25) is 0 Å². The number of anilines is 1. The smallest absolute Gasteiger partial charge is 0.321 e. The molecule has 0 aliphatic carbocycles. The molecule has 1 aromatic heterocycles. The largest absolute Gasteiger partial charge is 0.391 e. The first-order valence-corrected chi connectivity index (χ1v) is 9.07. The number of piperidine rings is 1. The number of ether oxygens (including phenoxy) is 1. The third-order valence-corrected chi connectivity index (χ3v) is 5.48. The van der Waals surface area contributed by atoms with Gasteiger partial charge in [-0.25, -0.2) is 14.8 Å². The van der Waals surface area contributed by atoms with Crippen LogP contribution in [-0.2, 0) is 4.74 Å². The van der Waals surface area contributed by atoms with Gasteiger partial charge in [0.2, 0.25) is 0 Å². The Bertz CT molecular complexity index is 846. The summed E-state index contributed by atoms with van der Waals surface area (Å²) in [5.41, 5.74) is 3.87. The monoisotopic (exact) mass is 356 g/mol. The Morgan fingerprint density at radius 2 is 1.92 bits per heavy atom. The lowest BCUT2D eigenvalue weighted by Gasteiger charge is -2.38. The van der Waals surface area contributed by atoms with Gasteiger partial charge in [0.25, 0.3) is 0 Å². The molecule has 7 heteroatoms. The van der Waals surface area contributed by atoms with Crippen LogP contribution in [0.2, 0.25) is 0 Å². The number of nitrogens with one attached hydrogen (secondary N) is 1. The van der Waals surface area contributed by atoms with E-state index in [0.717, 1.165) is 35.3 Å². The van der Waals surface area contributed by atoms with E-state index >= 15 is 0 Å². The molecule has 0 saturated carbocycles. The van der Waals surface area contributed by atoms with Crippen LogP contribution in [-0.4, -0.2) is 57.4 Å². The molecule has 7 nitrogen and oxygen atoms in total. The van der Waals surface area contributed by atoms with E-state index in [2.05, 4.69) is 15.3 Å². The van der Waals surface area contributed by atoms with Crippen molar-refractivity contribution in [2.45, 2.75) is 44.8 Å². The molecule has 2 N–H and O–H groups in total. The highest BCUT2D eigenvalue weighted by atomic mass is 16.5. The number of likely N-dealkylation sites (tertiary alicyclic amines) is 1. The summed E-state index contributed by atoms with van der Waals surface area (Å²) < 4.78 is 5.79. The van der Waals surface area contributed by atoms with Crippen molar-refractivity contribution in [1.82, 2.24) is 14.9 Å². The third-order valence-electron chi connectivity index (χ3n) is 5.48. The Balaban J connectivity index is 1.42. The number of hydrogen-bond acceptors (Lipinski definition) is 5. The lowest BCUT2D eigenvalue weighted by Crippen LogP contribution is -2.47. The van der Waals surface area contributed by atoms with Gasteiger partial charge in [0.15, 0.2) is 0 Å². The fourth-order valence-electron chi connectivity index (χ4n) is 3.80. The van der Waals surface area contributed by atoms with Crippen LogP contribution in [0.5, 0.6) is 0 Å². The van der Waals surface area contributed by atoms with Crippen LogP contribution in [0.1, 0.15) is 30.7 Å². The van der Waals surface area contributed by atoms with Crippen LogP contribution in [0.3, 0.4) is 0 Å². The minimum absolute atomic E-state index is 0.116. The zero-order valence-electron chi connectivity index (χ0n) is 15.2. The van der Waals surface area contributed by atoms with Gasteiger partial charge in [-0.2, -0.15) is 0 Å². The van der Waals surface area contributed by atoms with E-state index in [9.17, 15) is 9.90 Å². The van der Waals surface area contributed by atoms with Crippen molar-refractivity contribution in [2.75, 3.05) is 25.0 Å². The van der Waals surface area contributed by atoms with Crippen LogP contribution in [0.4, 0.5) is 10.5 Å². The lowest BCUT2D eigenvalue weighted by molar-refractivity contribution is -0.0365. The number of aliphatic hydroxyl groups excluding tert-OH is 1. The number of hydrogen-bond donors (Lipinski definition) is 2. The number of nitrogens with zero attached hydrogens (tertiary/aromatic N) is 3. The van der Waals surface area contributed by atoms with Crippen LogP contribution < -0.4 is 5.32 Å². The molecule has 2 saturated heterocycles. The first-order valence-electron chi connectivity index (χ1n) is 9.07. The Labute approximate surface area is 152 Å². The third kappa shape index (κ3) is 3.24. The molecule has 0 unspecified atom stereocenters. The zero-order chi connectivity index (χ0) is 18.3. The molecule has 2 amide bonds. The molecule has 2 fully saturated rings. The number of carbonyl (C=O) groups is 1. The van der Waals surface area contributed by atoms with Crippen molar-refractivity contribution in [3.8, 4) is 0 Å². The molecule has 1 aromatic carbocycles. The Hall–Kier alpha value is -2.25. The number of carbonyl (C=O) groups excluding carboxylic acids is 1. The number of amides is 2. The quantitative estimate of drug-likeness (QED) is 0.819. The highest BCUT2D eigenvalue weighted by Crippen LogP contribution is 2.36. The van der Waals surface area contributed by atoms with Crippen molar-refractivity contribution in [3.63, 3.8) is 0 Å². The van der Waals surface area contributed by atoms with Crippen molar-refractivity contribution in [3.05, 3.63) is 29.6 Å². The maximum atomic E-state index is 12.6. The predicted molar refractivity (Wildman–Crippen MR) is 98.1 cm³/mol. The summed E-state index contributed by atoms with van der Waals surface area (Å²) in [5.74, 6) is 0. The zero-order valence-corrected chi connectivity index (χ0v) is 15.2. The molecule has 26 heavy (non-hydrogen) atoms. The summed E-state index contributed by atoms with van der Waals surface area (Å²) in [5, 5.41) is 12.7. The van der Waals surface area contributed by atoms with E-state index in [0.29, 0.717) is 31.8 Å². The number of benzene rings is 1. The van der Waals surface area contributed by atoms with Gasteiger partial charge in [-0.15, -0.1) is 0 Å². The average Bonchev–Trinajstić information content (AvgIpc) is 2.97. The SMILES string of the molecule is Cc1nc2ccc(NC(=O)N3CCC4(CC3)C[C@H](O)CO4)cc2nc1C. The van der Waals surface area contributed by atoms with Gasteiger partial charge in [0.1, 0.15) is 0 Å².